The molecule has 61 heavy (non-hydrogen) atoms. The molecule has 4 aliphatic heterocycles. The van der Waals surface area contributed by atoms with Crippen molar-refractivity contribution in [1.82, 2.24) is 25.5 Å². The Hall–Kier alpha value is -5.70. The van der Waals surface area contributed by atoms with Crippen LogP contribution in [0.25, 0.3) is 16.5 Å². The fourth-order valence-electron chi connectivity index (χ4n) is 9.02. The Labute approximate surface area is 352 Å². The molecule has 322 valence electrons. The molecule has 3 atom stereocenters. The number of fused-ring (bicyclic) bond motifs is 3. The highest BCUT2D eigenvalue weighted by molar-refractivity contribution is 6.19. The number of aromatic nitrogens is 2. The maximum absolute atomic E-state index is 13.8. The number of nitrogens with one attached hydrogen (secondary N) is 2. The second-order valence-corrected chi connectivity index (χ2v) is 16.4. The van der Waals surface area contributed by atoms with Crippen molar-refractivity contribution in [2.24, 2.45) is 22.4 Å². The summed E-state index contributed by atoms with van der Waals surface area (Å²) in [7, 11) is 0. The molecule has 6 heterocycles. The summed E-state index contributed by atoms with van der Waals surface area (Å²) in [6.45, 7) is 4.44. The lowest BCUT2D eigenvalue weighted by atomic mass is 9.85. The van der Waals surface area contributed by atoms with Crippen molar-refractivity contribution < 1.29 is 37.1 Å². The predicted molar refractivity (Wildman–Crippen MR) is 223 cm³/mol. The molecule has 5 aliphatic rings. The number of aliphatic imine (C=N–C) groups is 1. The molecule has 2 bridgehead atoms. The van der Waals surface area contributed by atoms with E-state index in [1.165, 1.54) is 12.4 Å². The second kappa shape index (κ2) is 18.9. The standard InChI is InChI=1S/C44H51F2N9O6/c45-41(46)40(48)36(51-44(58)34(20-47)42-49-14-11-38(52-42)55-23-31-19-29(55)24-60-31)21-50-28-6-3-27(4-7-28)22-54-15-12-30(13-16-54)59-17-1-2-26-5-9-37-33(18-26)35(25-61-37)32-8-10-39(56)53-43(32)57/h5,9,11,14,18,20-21,25,27-32,41H,3-4,6-8,10,12-13,15-17,19,22-24,47-48H2,(H,51,58)(H,53,56,57)/t27?,28?,29-,31-,32?/m1/s1. The average Bonchev–Trinajstić information content (AvgIpc) is 4.02. The van der Waals surface area contributed by atoms with Gasteiger partial charge in [0.2, 0.25) is 11.8 Å². The number of likely N-dealkylation sites (tertiary alicyclic amines) is 1. The maximum atomic E-state index is 13.8. The van der Waals surface area contributed by atoms with Gasteiger partial charge in [0.15, 0.2) is 5.82 Å². The molecule has 1 aliphatic carbocycles. The number of nitrogens with zero attached hydrogens (tertiary/aromatic N) is 5. The molecule has 0 radical (unpaired) electrons. The van der Waals surface area contributed by atoms with E-state index in [2.05, 4.69) is 47.2 Å². The van der Waals surface area contributed by atoms with E-state index < -0.39 is 23.9 Å². The van der Waals surface area contributed by atoms with Crippen molar-refractivity contribution >= 4 is 46.3 Å². The van der Waals surface area contributed by atoms with Gasteiger partial charge < -0.3 is 40.5 Å². The van der Waals surface area contributed by atoms with Gasteiger partial charge in [-0.3, -0.25) is 24.7 Å². The van der Waals surface area contributed by atoms with Gasteiger partial charge in [-0.05, 0) is 81.5 Å². The van der Waals surface area contributed by atoms with Crippen LogP contribution in [0.2, 0.25) is 0 Å². The summed E-state index contributed by atoms with van der Waals surface area (Å²) in [6.07, 6.45) is 9.65. The van der Waals surface area contributed by atoms with E-state index in [1.807, 2.05) is 18.2 Å². The van der Waals surface area contributed by atoms with Gasteiger partial charge in [-0.25, -0.2) is 18.7 Å². The first kappa shape index (κ1) is 42.0. The number of furan rings is 1. The van der Waals surface area contributed by atoms with Crippen LogP contribution in [0.3, 0.4) is 0 Å². The summed E-state index contributed by atoms with van der Waals surface area (Å²) in [5, 5.41) is 5.73. The van der Waals surface area contributed by atoms with Crippen molar-refractivity contribution in [1.29, 1.82) is 0 Å². The van der Waals surface area contributed by atoms with E-state index in [0.717, 1.165) is 87.3 Å². The van der Waals surface area contributed by atoms with Gasteiger partial charge in [-0.2, -0.15) is 0 Å². The van der Waals surface area contributed by atoms with E-state index in [9.17, 15) is 23.2 Å². The number of ether oxygens (including phenoxy) is 2. The van der Waals surface area contributed by atoms with Crippen LogP contribution < -0.4 is 27.0 Å². The molecule has 0 spiro atoms. The predicted octanol–water partition coefficient (Wildman–Crippen LogP) is 3.73. The summed E-state index contributed by atoms with van der Waals surface area (Å²) in [5.41, 5.74) is 12.7. The lowest BCUT2D eigenvalue weighted by Crippen LogP contribution is -2.40. The zero-order valence-corrected chi connectivity index (χ0v) is 33.9. The second-order valence-electron chi connectivity index (χ2n) is 16.4. The number of hydrogen-bond donors (Lipinski definition) is 4. The average molecular weight is 840 g/mol. The highest BCUT2D eigenvalue weighted by atomic mass is 19.3. The van der Waals surface area contributed by atoms with E-state index in [4.69, 9.17) is 25.4 Å². The smallest absolute Gasteiger partial charge is 0.279 e. The van der Waals surface area contributed by atoms with Crippen molar-refractivity contribution in [2.45, 2.75) is 94.4 Å². The normalized spacial score (nSPS) is 25.5. The molecular weight excluding hydrogens is 789 g/mol. The Morgan fingerprint density at radius 2 is 1.95 bits per heavy atom. The third kappa shape index (κ3) is 9.93. The quantitative estimate of drug-likeness (QED) is 0.0893. The minimum Gasteiger partial charge on any atom is -0.464 e. The van der Waals surface area contributed by atoms with E-state index in [1.54, 1.807) is 12.3 Å². The van der Waals surface area contributed by atoms with E-state index >= 15 is 0 Å². The number of halogens is 2. The van der Waals surface area contributed by atoms with Crippen molar-refractivity contribution in [2.75, 3.05) is 44.3 Å². The van der Waals surface area contributed by atoms with Crippen LogP contribution in [0.5, 0.6) is 0 Å². The number of rotatable bonds is 12. The van der Waals surface area contributed by atoms with Crippen LogP contribution in [0.15, 0.2) is 63.7 Å². The lowest BCUT2D eigenvalue weighted by Gasteiger charge is -2.35. The van der Waals surface area contributed by atoms with Crippen LogP contribution in [0.4, 0.5) is 14.6 Å². The Balaban J connectivity index is 0.772. The molecule has 4 saturated heterocycles. The summed E-state index contributed by atoms with van der Waals surface area (Å²) in [6, 6.07) is 7.50. The van der Waals surface area contributed by atoms with Gasteiger partial charge >= 0.3 is 0 Å². The fraction of sp³-hybridized carbons (Fsp3) is 0.500. The maximum Gasteiger partial charge on any atom is 0.279 e. The number of hydrogen-bond acceptors (Lipinski definition) is 13. The van der Waals surface area contributed by atoms with E-state index in [-0.39, 0.29) is 53.2 Å². The van der Waals surface area contributed by atoms with Gasteiger partial charge in [0.25, 0.3) is 12.3 Å². The first-order chi connectivity index (χ1) is 29.6. The van der Waals surface area contributed by atoms with Gasteiger partial charge in [-0.15, -0.1) is 0 Å². The van der Waals surface area contributed by atoms with Gasteiger partial charge in [0.05, 0.1) is 54.3 Å². The molecule has 5 fully saturated rings. The number of piperidine rings is 2. The first-order valence-corrected chi connectivity index (χ1v) is 21.0. The van der Waals surface area contributed by atoms with Gasteiger partial charge in [-0.1, -0.05) is 11.8 Å². The van der Waals surface area contributed by atoms with Crippen LogP contribution in [-0.4, -0.2) is 109 Å². The number of imide groups is 1. The summed E-state index contributed by atoms with van der Waals surface area (Å²) in [5.74, 6) is 5.75. The van der Waals surface area contributed by atoms with Crippen molar-refractivity contribution in [3.63, 3.8) is 0 Å². The molecule has 17 heteroatoms. The van der Waals surface area contributed by atoms with Gasteiger partial charge in [0.1, 0.15) is 23.7 Å². The molecule has 1 aromatic carbocycles. The third-order valence-electron chi connectivity index (χ3n) is 12.4. The Morgan fingerprint density at radius 3 is 2.67 bits per heavy atom. The Kier molecular flexibility index (Phi) is 13.0. The molecule has 3 amide bonds. The molecule has 8 rings (SSSR count). The van der Waals surface area contributed by atoms with Crippen LogP contribution in [0, 0.1) is 17.8 Å². The zero-order valence-electron chi connectivity index (χ0n) is 33.9. The number of morpholine rings is 1. The molecular formula is C44H51F2N9O6. The van der Waals surface area contributed by atoms with Crippen LogP contribution in [-0.2, 0) is 23.9 Å². The Morgan fingerprint density at radius 1 is 1.13 bits per heavy atom. The topological polar surface area (TPSA) is 204 Å². The number of amides is 3. The minimum absolute atomic E-state index is 0.0685. The van der Waals surface area contributed by atoms with Crippen LogP contribution >= 0.6 is 0 Å². The highest BCUT2D eigenvalue weighted by Gasteiger charge is 2.40. The highest BCUT2D eigenvalue weighted by Crippen LogP contribution is 2.34. The fourth-order valence-corrected chi connectivity index (χ4v) is 9.02. The molecule has 1 saturated carbocycles. The summed E-state index contributed by atoms with van der Waals surface area (Å²) < 4.78 is 45.2. The number of carbonyl (C=O) groups is 3. The Bertz CT molecular complexity index is 2270. The number of anilines is 1. The molecule has 3 aromatic rings. The van der Waals surface area contributed by atoms with E-state index in [0.29, 0.717) is 49.9 Å². The number of alkyl halides is 2. The molecule has 15 nitrogen and oxygen atoms in total. The summed E-state index contributed by atoms with van der Waals surface area (Å²) >= 11 is 0. The van der Waals surface area contributed by atoms with Crippen LogP contribution in [0.1, 0.15) is 80.7 Å². The SMILES string of the molecule is NC=C(C(=O)NC(C=NC1CCC(CN2CCC(OCC#Cc3ccc4occ(C5CCC(=O)NC5=O)c4c3)CC2)CC1)=C(N)C(F)F)c1nccc(N2C[C@H]3C[C@@H]2CO3)n1. The minimum atomic E-state index is -3.01. The third-order valence-corrected chi connectivity index (χ3v) is 12.4. The van der Waals surface area contributed by atoms with Gasteiger partial charge in [0, 0.05) is 67.7 Å². The molecule has 1 unspecified atom stereocenters. The summed E-state index contributed by atoms with van der Waals surface area (Å²) in [4.78, 5) is 55.4. The zero-order chi connectivity index (χ0) is 42.5. The number of nitrogens with two attached hydrogens (primary N) is 2. The molecule has 6 N–H and O–H groups in total. The van der Waals surface area contributed by atoms with Crippen molar-refractivity contribution in [3.8, 4) is 11.8 Å². The lowest BCUT2D eigenvalue weighted by molar-refractivity contribution is -0.134. The van der Waals surface area contributed by atoms with Crippen molar-refractivity contribution in [3.05, 3.63) is 71.3 Å². The first-order valence-electron chi connectivity index (χ1n) is 21.0. The largest absolute Gasteiger partial charge is 0.464 e. The number of allylic oxidation sites excluding steroid dienone is 2. The number of carbonyl (C=O) groups excluding carboxylic acids is 3. The molecule has 2 aromatic heterocycles. The monoisotopic (exact) mass is 839 g/mol. The number of benzene rings is 1.